The zero-order valence-electron chi connectivity index (χ0n) is 16.5. The molecule has 0 bridgehead atoms. The molecule has 28 heavy (non-hydrogen) atoms. The van der Waals surface area contributed by atoms with E-state index < -0.39 is 26.1 Å². The molecule has 0 saturated heterocycles. The Balaban J connectivity index is 2.10. The van der Waals surface area contributed by atoms with Crippen LogP contribution in [0.5, 0.6) is 0 Å². The molecule has 1 aromatic rings. The topological polar surface area (TPSA) is 113 Å². The quantitative estimate of drug-likeness (QED) is 0.614. The van der Waals surface area contributed by atoms with Gasteiger partial charge in [0.1, 0.15) is 0 Å². The minimum atomic E-state index is -3.95. The van der Waals surface area contributed by atoms with Crippen molar-refractivity contribution in [2.75, 3.05) is 13.1 Å². The number of carbonyl (C=O) groups is 1. The Labute approximate surface area is 167 Å². The molecular formula is C18H29N3O5S2. The van der Waals surface area contributed by atoms with Crippen LogP contribution < -0.4 is 10.0 Å². The first-order valence-corrected chi connectivity index (χ1v) is 12.5. The summed E-state index contributed by atoms with van der Waals surface area (Å²) >= 11 is 0. The summed E-state index contributed by atoms with van der Waals surface area (Å²) in [6, 6.07) is 4.19. The van der Waals surface area contributed by atoms with Gasteiger partial charge in [-0.25, -0.2) is 16.8 Å². The van der Waals surface area contributed by atoms with Gasteiger partial charge < -0.3 is 5.32 Å². The van der Waals surface area contributed by atoms with Crippen LogP contribution in [0, 0.1) is 0 Å². The summed E-state index contributed by atoms with van der Waals surface area (Å²) in [5.41, 5.74) is 0. The monoisotopic (exact) mass is 431 g/mol. The standard InChI is InChI=1S/C18H29N3O5S2/c1-4-21(5-2)28(25,26)17-12-10-16(11-13-17)27(23,24)20-14(3)18(22)19-15-8-6-7-9-15/h10-15,20H,4-9H2,1-3H3,(H,19,22). The minimum absolute atomic E-state index is 0.0298. The second kappa shape index (κ2) is 9.34. The predicted molar refractivity (Wildman–Crippen MR) is 107 cm³/mol. The van der Waals surface area contributed by atoms with E-state index in [0.29, 0.717) is 13.1 Å². The fourth-order valence-electron chi connectivity index (χ4n) is 3.25. The maximum Gasteiger partial charge on any atom is 0.243 e. The SMILES string of the molecule is CCN(CC)S(=O)(=O)c1ccc(S(=O)(=O)NC(C)C(=O)NC2CCCC2)cc1. The van der Waals surface area contributed by atoms with E-state index in [4.69, 9.17) is 0 Å². The van der Waals surface area contributed by atoms with Crippen molar-refractivity contribution < 1.29 is 21.6 Å². The second-order valence-corrected chi connectivity index (χ2v) is 10.5. The molecular weight excluding hydrogens is 402 g/mol. The molecule has 1 saturated carbocycles. The molecule has 1 fully saturated rings. The highest BCUT2D eigenvalue weighted by molar-refractivity contribution is 7.89. The molecule has 1 unspecified atom stereocenters. The minimum Gasteiger partial charge on any atom is -0.352 e. The number of amides is 1. The first kappa shape index (κ1) is 22.8. The molecule has 1 aromatic carbocycles. The number of nitrogens with zero attached hydrogens (tertiary/aromatic N) is 1. The van der Waals surface area contributed by atoms with E-state index >= 15 is 0 Å². The van der Waals surface area contributed by atoms with Crippen molar-refractivity contribution in [1.29, 1.82) is 0 Å². The molecule has 2 N–H and O–H groups in total. The number of hydrogen-bond donors (Lipinski definition) is 2. The lowest BCUT2D eigenvalue weighted by atomic mass is 10.2. The summed E-state index contributed by atoms with van der Waals surface area (Å²) in [5.74, 6) is -0.365. The summed E-state index contributed by atoms with van der Waals surface area (Å²) in [7, 11) is -7.61. The summed E-state index contributed by atoms with van der Waals surface area (Å²) in [6.45, 7) is 5.62. The van der Waals surface area contributed by atoms with Crippen molar-refractivity contribution in [3.05, 3.63) is 24.3 Å². The van der Waals surface area contributed by atoms with Crippen LogP contribution >= 0.6 is 0 Å². The lowest BCUT2D eigenvalue weighted by Gasteiger charge is -2.19. The Hall–Kier alpha value is -1.49. The first-order valence-electron chi connectivity index (χ1n) is 9.54. The number of rotatable bonds is 9. The van der Waals surface area contributed by atoms with Gasteiger partial charge >= 0.3 is 0 Å². The van der Waals surface area contributed by atoms with Gasteiger partial charge in [-0.1, -0.05) is 26.7 Å². The summed E-state index contributed by atoms with van der Waals surface area (Å²) in [4.78, 5) is 12.2. The molecule has 1 atom stereocenters. The maximum atomic E-state index is 12.5. The highest BCUT2D eigenvalue weighted by atomic mass is 32.2. The lowest BCUT2D eigenvalue weighted by molar-refractivity contribution is -0.123. The number of hydrogen-bond acceptors (Lipinski definition) is 5. The maximum absolute atomic E-state index is 12.5. The largest absolute Gasteiger partial charge is 0.352 e. The van der Waals surface area contributed by atoms with Gasteiger partial charge in [-0.3, -0.25) is 4.79 Å². The fraction of sp³-hybridized carbons (Fsp3) is 0.611. The highest BCUT2D eigenvalue weighted by Crippen LogP contribution is 2.19. The van der Waals surface area contributed by atoms with Gasteiger partial charge in [0.05, 0.1) is 15.8 Å². The third-order valence-electron chi connectivity index (χ3n) is 4.90. The summed E-state index contributed by atoms with van der Waals surface area (Å²) < 4.78 is 53.7. The second-order valence-electron chi connectivity index (χ2n) is 6.89. The third-order valence-corrected chi connectivity index (χ3v) is 8.52. The Kier molecular flexibility index (Phi) is 7.60. The lowest BCUT2D eigenvalue weighted by Crippen LogP contribution is -2.47. The Morgan fingerprint density at radius 3 is 2.04 bits per heavy atom. The van der Waals surface area contributed by atoms with E-state index in [-0.39, 0.29) is 21.7 Å². The average molecular weight is 432 g/mol. The van der Waals surface area contributed by atoms with Crippen LogP contribution in [-0.2, 0) is 24.8 Å². The molecule has 158 valence electrons. The van der Waals surface area contributed by atoms with Crippen LogP contribution in [0.4, 0.5) is 0 Å². The van der Waals surface area contributed by atoms with Gasteiger partial charge in [0.15, 0.2) is 0 Å². The van der Waals surface area contributed by atoms with E-state index in [1.165, 1.54) is 35.5 Å². The average Bonchev–Trinajstić information content (AvgIpc) is 3.15. The van der Waals surface area contributed by atoms with Crippen molar-refractivity contribution in [3.63, 3.8) is 0 Å². The fourth-order valence-corrected chi connectivity index (χ4v) is 5.91. The number of carbonyl (C=O) groups excluding carboxylic acids is 1. The van der Waals surface area contributed by atoms with Gasteiger partial charge in [0, 0.05) is 19.1 Å². The Morgan fingerprint density at radius 1 is 1.04 bits per heavy atom. The smallest absolute Gasteiger partial charge is 0.243 e. The van der Waals surface area contributed by atoms with Crippen molar-refractivity contribution in [1.82, 2.24) is 14.3 Å². The van der Waals surface area contributed by atoms with E-state index in [0.717, 1.165) is 25.7 Å². The van der Waals surface area contributed by atoms with Gasteiger partial charge in [0.2, 0.25) is 26.0 Å². The van der Waals surface area contributed by atoms with Crippen LogP contribution in [-0.4, -0.2) is 52.2 Å². The predicted octanol–water partition coefficient (Wildman–Crippen LogP) is 1.44. The zero-order chi connectivity index (χ0) is 20.9. The molecule has 1 amide bonds. The van der Waals surface area contributed by atoms with Crippen LogP contribution in [0.25, 0.3) is 0 Å². The van der Waals surface area contributed by atoms with Crippen LogP contribution in [0.15, 0.2) is 34.1 Å². The number of nitrogens with one attached hydrogen (secondary N) is 2. The van der Waals surface area contributed by atoms with Crippen molar-refractivity contribution >= 4 is 26.0 Å². The van der Waals surface area contributed by atoms with E-state index in [1.54, 1.807) is 13.8 Å². The van der Waals surface area contributed by atoms with Crippen molar-refractivity contribution in [2.24, 2.45) is 0 Å². The molecule has 0 radical (unpaired) electrons. The van der Waals surface area contributed by atoms with Gasteiger partial charge in [-0.2, -0.15) is 9.03 Å². The molecule has 8 nitrogen and oxygen atoms in total. The van der Waals surface area contributed by atoms with Gasteiger partial charge in [0.25, 0.3) is 0 Å². The van der Waals surface area contributed by atoms with Gasteiger partial charge in [-0.15, -0.1) is 0 Å². The van der Waals surface area contributed by atoms with Crippen LogP contribution in [0.3, 0.4) is 0 Å². The van der Waals surface area contributed by atoms with E-state index in [2.05, 4.69) is 10.0 Å². The van der Waals surface area contributed by atoms with Crippen molar-refractivity contribution in [3.8, 4) is 0 Å². The summed E-state index contributed by atoms with van der Waals surface area (Å²) in [5, 5.41) is 2.86. The molecule has 1 aliphatic carbocycles. The first-order chi connectivity index (χ1) is 13.1. The Bertz CT molecular complexity index is 872. The molecule has 0 heterocycles. The molecule has 0 aliphatic heterocycles. The molecule has 2 rings (SSSR count). The number of benzene rings is 1. The van der Waals surface area contributed by atoms with Crippen LogP contribution in [0.2, 0.25) is 0 Å². The Morgan fingerprint density at radius 2 is 1.54 bits per heavy atom. The molecule has 0 spiro atoms. The molecule has 0 aromatic heterocycles. The van der Waals surface area contributed by atoms with Crippen LogP contribution in [0.1, 0.15) is 46.5 Å². The zero-order valence-corrected chi connectivity index (χ0v) is 18.1. The molecule has 1 aliphatic rings. The normalized spacial score (nSPS) is 17.0. The van der Waals surface area contributed by atoms with E-state index in [9.17, 15) is 21.6 Å². The molecule has 10 heteroatoms. The van der Waals surface area contributed by atoms with Crippen molar-refractivity contribution in [2.45, 2.75) is 68.3 Å². The summed E-state index contributed by atoms with van der Waals surface area (Å²) in [6.07, 6.45) is 3.95. The van der Waals surface area contributed by atoms with E-state index in [1.807, 2.05) is 0 Å². The number of sulfonamides is 2. The third kappa shape index (κ3) is 5.31. The highest BCUT2D eigenvalue weighted by Gasteiger charge is 2.26. The van der Waals surface area contributed by atoms with Gasteiger partial charge in [-0.05, 0) is 44.0 Å².